The number of nitrogens with zero attached hydrogens (tertiary/aromatic N) is 4. The van der Waals surface area contributed by atoms with Gasteiger partial charge < -0.3 is 9.73 Å². The van der Waals surface area contributed by atoms with Gasteiger partial charge in [0.15, 0.2) is 0 Å². The van der Waals surface area contributed by atoms with Crippen molar-refractivity contribution in [2.75, 3.05) is 6.26 Å². The Morgan fingerprint density at radius 2 is 2.22 bits per heavy atom. The Labute approximate surface area is 137 Å². The second-order valence-corrected chi connectivity index (χ2v) is 5.88. The van der Waals surface area contributed by atoms with Gasteiger partial charge in [0.2, 0.25) is 11.1 Å². The van der Waals surface area contributed by atoms with E-state index >= 15 is 0 Å². The zero-order valence-corrected chi connectivity index (χ0v) is 14.0. The molecule has 3 aromatic heterocycles. The van der Waals surface area contributed by atoms with Crippen LogP contribution in [0.3, 0.4) is 0 Å². The van der Waals surface area contributed by atoms with Crippen LogP contribution in [0, 0.1) is 13.8 Å². The Morgan fingerprint density at radius 3 is 2.91 bits per heavy atom. The number of amides is 1. The van der Waals surface area contributed by atoms with Crippen LogP contribution in [0.2, 0.25) is 0 Å². The summed E-state index contributed by atoms with van der Waals surface area (Å²) in [4.78, 5) is 21.0. The van der Waals surface area contributed by atoms with E-state index in [9.17, 15) is 4.79 Å². The maximum absolute atomic E-state index is 12.2. The second-order valence-electron chi connectivity index (χ2n) is 5.10. The number of carbonyl (C=O) groups excluding carboxylic acids is 1. The first-order chi connectivity index (χ1) is 11.1. The lowest BCUT2D eigenvalue weighted by atomic mass is 10.1. The van der Waals surface area contributed by atoms with Gasteiger partial charge in [-0.3, -0.25) is 4.79 Å². The van der Waals surface area contributed by atoms with Crippen molar-refractivity contribution in [2.45, 2.75) is 32.0 Å². The quantitative estimate of drug-likeness (QED) is 0.719. The molecule has 0 bridgehead atoms. The van der Waals surface area contributed by atoms with Gasteiger partial charge >= 0.3 is 0 Å². The van der Waals surface area contributed by atoms with Crippen molar-refractivity contribution in [3.05, 3.63) is 41.1 Å². The highest BCUT2D eigenvalue weighted by Crippen LogP contribution is 2.17. The third-order valence-electron chi connectivity index (χ3n) is 3.59. The molecule has 0 aromatic carbocycles. The van der Waals surface area contributed by atoms with E-state index in [0.29, 0.717) is 17.5 Å². The summed E-state index contributed by atoms with van der Waals surface area (Å²) < 4.78 is 6.89. The zero-order chi connectivity index (χ0) is 16.4. The van der Waals surface area contributed by atoms with Crippen molar-refractivity contribution < 1.29 is 9.21 Å². The van der Waals surface area contributed by atoms with Gasteiger partial charge in [-0.05, 0) is 32.2 Å². The molecule has 8 heteroatoms. The van der Waals surface area contributed by atoms with Crippen molar-refractivity contribution in [1.29, 1.82) is 0 Å². The monoisotopic (exact) mass is 331 g/mol. The molecule has 0 saturated carbocycles. The summed E-state index contributed by atoms with van der Waals surface area (Å²) in [7, 11) is 0. The molecule has 23 heavy (non-hydrogen) atoms. The molecule has 0 radical (unpaired) electrons. The van der Waals surface area contributed by atoms with E-state index in [1.54, 1.807) is 16.8 Å². The van der Waals surface area contributed by atoms with Gasteiger partial charge in [0.05, 0.1) is 19.2 Å². The Morgan fingerprint density at radius 1 is 1.39 bits per heavy atom. The molecule has 0 aliphatic carbocycles. The predicted molar refractivity (Wildman–Crippen MR) is 86.3 cm³/mol. The van der Waals surface area contributed by atoms with Crippen LogP contribution in [0.1, 0.15) is 22.7 Å². The van der Waals surface area contributed by atoms with Crippen LogP contribution in [-0.2, 0) is 17.8 Å². The van der Waals surface area contributed by atoms with E-state index in [4.69, 9.17) is 4.42 Å². The van der Waals surface area contributed by atoms with Crippen LogP contribution in [0.5, 0.6) is 0 Å². The average Bonchev–Trinajstić information content (AvgIpc) is 3.18. The maximum Gasteiger partial charge on any atom is 0.253 e. The number of fused-ring (bicyclic) bond motifs is 1. The molecular formula is C15H17N5O2S. The van der Waals surface area contributed by atoms with Crippen molar-refractivity contribution in [3.63, 3.8) is 0 Å². The van der Waals surface area contributed by atoms with E-state index in [1.807, 2.05) is 26.2 Å². The lowest BCUT2D eigenvalue weighted by Gasteiger charge is -2.10. The molecule has 0 fully saturated rings. The number of hydrogen-bond acceptors (Lipinski definition) is 6. The highest BCUT2D eigenvalue weighted by atomic mass is 32.2. The minimum absolute atomic E-state index is 0.0843. The minimum atomic E-state index is -0.0843. The number of thioether (sulfide) groups is 1. The average molecular weight is 331 g/mol. The van der Waals surface area contributed by atoms with Gasteiger partial charge in [0, 0.05) is 17.0 Å². The van der Waals surface area contributed by atoms with Crippen LogP contribution in [0.4, 0.5) is 0 Å². The van der Waals surface area contributed by atoms with Gasteiger partial charge in [-0.15, -0.1) is 5.10 Å². The van der Waals surface area contributed by atoms with E-state index in [-0.39, 0.29) is 12.3 Å². The molecule has 0 aliphatic rings. The van der Waals surface area contributed by atoms with Gasteiger partial charge in [0.1, 0.15) is 5.76 Å². The first-order valence-corrected chi connectivity index (χ1v) is 8.37. The largest absolute Gasteiger partial charge is 0.467 e. The van der Waals surface area contributed by atoms with E-state index in [0.717, 1.165) is 22.7 Å². The molecule has 120 valence electrons. The van der Waals surface area contributed by atoms with Gasteiger partial charge in [-0.2, -0.15) is 4.98 Å². The molecule has 0 saturated heterocycles. The number of furan rings is 1. The normalized spacial score (nSPS) is 11.1. The molecule has 0 aliphatic heterocycles. The van der Waals surface area contributed by atoms with Crippen LogP contribution in [0.15, 0.2) is 28.0 Å². The molecular weight excluding hydrogens is 314 g/mol. The van der Waals surface area contributed by atoms with Crippen molar-refractivity contribution in [2.24, 2.45) is 0 Å². The molecule has 3 heterocycles. The molecule has 0 atom stereocenters. The van der Waals surface area contributed by atoms with Crippen molar-refractivity contribution >= 4 is 23.4 Å². The first-order valence-electron chi connectivity index (χ1n) is 7.14. The maximum atomic E-state index is 12.2. The minimum Gasteiger partial charge on any atom is -0.467 e. The molecule has 1 N–H and O–H groups in total. The molecule has 3 aromatic rings. The first kappa shape index (κ1) is 15.5. The van der Waals surface area contributed by atoms with Crippen LogP contribution in [0.25, 0.3) is 5.78 Å². The summed E-state index contributed by atoms with van der Waals surface area (Å²) in [5, 5.41) is 7.89. The van der Waals surface area contributed by atoms with Crippen molar-refractivity contribution in [3.8, 4) is 0 Å². The smallest absolute Gasteiger partial charge is 0.253 e. The summed E-state index contributed by atoms with van der Waals surface area (Å²) in [5.41, 5.74) is 2.55. The second kappa shape index (κ2) is 6.41. The fraction of sp³-hybridized carbons (Fsp3) is 0.333. The summed E-state index contributed by atoms with van der Waals surface area (Å²) in [5.74, 6) is 1.20. The lowest BCUT2D eigenvalue weighted by Crippen LogP contribution is -2.25. The van der Waals surface area contributed by atoms with Gasteiger partial charge in [-0.1, -0.05) is 11.8 Å². The molecule has 0 unspecified atom stereocenters. The number of nitrogens with one attached hydrogen (secondary N) is 1. The fourth-order valence-electron chi connectivity index (χ4n) is 2.35. The molecule has 0 spiro atoms. The molecule has 1 amide bonds. The van der Waals surface area contributed by atoms with E-state index in [1.165, 1.54) is 11.8 Å². The van der Waals surface area contributed by atoms with Crippen LogP contribution >= 0.6 is 11.8 Å². The SMILES string of the molecule is CSc1nc2nc(C)c(CC(=O)NCc3ccco3)c(C)n2n1. The summed E-state index contributed by atoms with van der Waals surface area (Å²) >= 11 is 1.46. The standard InChI is InChI=1S/C15H17N5O2S/c1-9-12(7-13(21)16-8-11-5-4-6-22-11)10(2)20-14(17-9)18-15(19-20)23-3/h4-6H,7-8H2,1-3H3,(H,16,21). The lowest BCUT2D eigenvalue weighted by molar-refractivity contribution is -0.120. The predicted octanol–water partition coefficient (Wildman–Crippen LogP) is 1.91. The van der Waals surface area contributed by atoms with E-state index < -0.39 is 0 Å². The van der Waals surface area contributed by atoms with Crippen molar-refractivity contribution in [1.82, 2.24) is 24.9 Å². The van der Waals surface area contributed by atoms with Gasteiger partial charge in [0.25, 0.3) is 5.78 Å². The van der Waals surface area contributed by atoms with Crippen LogP contribution < -0.4 is 5.32 Å². The zero-order valence-electron chi connectivity index (χ0n) is 13.2. The highest BCUT2D eigenvalue weighted by Gasteiger charge is 2.16. The Balaban J connectivity index is 1.80. The summed E-state index contributed by atoms with van der Waals surface area (Å²) in [6, 6.07) is 3.62. The number of aryl methyl sites for hydroxylation is 2. The number of hydrogen-bond donors (Lipinski definition) is 1. The Bertz CT molecular complexity index is 841. The van der Waals surface area contributed by atoms with E-state index in [2.05, 4.69) is 20.4 Å². The third kappa shape index (κ3) is 3.21. The molecule has 3 rings (SSSR count). The van der Waals surface area contributed by atoms with Gasteiger partial charge in [-0.25, -0.2) is 9.50 Å². The van der Waals surface area contributed by atoms with Crippen LogP contribution in [-0.4, -0.2) is 31.7 Å². The Kier molecular flexibility index (Phi) is 4.33. The Hall–Kier alpha value is -2.35. The summed E-state index contributed by atoms with van der Waals surface area (Å²) in [6.07, 6.45) is 3.75. The number of rotatable bonds is 5. The third-order valence-corrected chi connectivity index (χ3v) is 4.13. The number of aromatic nitrogens is 4. The molecule has 7 nitrogen and oxygen atoms in total. The highest BCUT2D eigenvalue weighted by molar-refractivity contribution is 7.98. The number of carbonyl (C=O) groups is 1. The fourth-order valence-corrected chi connectivity index (χ4v) is 2.69. The topological polar surface area (TPSA) is 85.3 Å². The summed E-state index contributed by atoms with van der Waals surface area (Å²) in [6.45, 7) is 4.19.